The number of hydrogen-bond acceptors (Lipinski definition) is 10. The highest BCUT2D eigenvalue weighted by Gasteiger charge is 2.43. The normalized spacial score (nSPS) is 18.8. The molecule has 2 aromatic heterocycles. The maximum absolute atomic E-state index is 14.8. The summed E-state index contributed by atoms with van der Waals surface area (Å²) in [6.07, 6.45) is 8.14. The average molecular weight is 790 g/mol. The summed E-state index contributed by atoms with van der Waals surface area (Å²) in [5.41, 5.74) is 7.16. The quantitative estimate of drug-likeness (QED) is 0.219. The van der Waals surface area contributed by atoms with Crippen molar-refractivity contribution in [3.63, 3.8) is 0 Å². The molecule has 2 aliphatic heterocycles. The number of nitrogens with zero attached hydrogens (tertiary/aromatic N) is 6. The van der Waals surface area contributed by atoms with Gasteiger partial charge in [0.25, 0.3) is 23.6 Å². The first-order valence-electron chi connectivity index (χ1n) is 15.5. The highest BCUT2D eigenvalue weighted by molar-refractivity contribution is 9.10. The molecule has 2 aliphatic rings. The van der Waals surface area contributed by atoms with Gasteiger partial charge in [0, 0.05) is 52.4 Å². The third-order valence-corrected chi connectivity index (χ3v) is 8.52. The lowest BCUT2D eigenvalue weighted by Gasteiger charge is -2.13. The van der Waals surface area contributed by atoms with Crippen molar-refractivity contribution in [2.75, 3.05) is 27.2 Å². The van der Waals surface area contributed by atoms with Crippen LogP contribution >= 0.6 is 15.9 Å². The van der Waals surface area contributed by atoms with E-state index in [1.807, 2.05) is 0 Å². The fraction of sp³-hybridized carbons (Fsp3) is 0.222. The predicted octanol–water partition coefficient (Wildman–Crippen LogP) is 1.68. The molecule has 53 heavy (non-hydrogen) atoms. The van der Waals surface area contributed by atoms with Crippen molar-refractivity contribution in [1.82, 2.24) is 29.7 Å². The van der Waals surface area contributed by atoms with Crippen LogP contribution in [0, 0.1) is 35.8 Å². The molecule has 2 saturated heterocycles. The van der Waals surface area contributed by atoms with Gasteiger partial charge in [0.1, 0.15) is 23.0 Å². The first-order valence-corrected chi connectivity index (χ1v) is 16.3. The lowest BCUT2D eigenvalue weighted by molar-refractivity contribution is -0.138. The smallest absolute Gasteiger partial charge is 0.267 e. The first-order chi connectivity index (χ1) is 25.0. The molecule has 6 rings (SSSR count). The number of likely N-dealkylation sites (N-methyl/N-ethyl adjacent to an activating group) is 2. The number of carbonyl (C=O) groups excluding carboxylic acids is 4. The van der Waals surface area contributed by atoms with Crippen molar-refractivity contribution in [3.8, 4) is 47.0 Å². The summed E-state index contributed by atoms with van der Waals surface area (Å²) in [7, 11) is 3.18. The van der Waals surface area contributed by atoms with Crippen LogP contribution in [0.25, 0.3) is 22.8 Å². The largest absolute Gasteiger partial charge is 0.369 e. The molecule has 0 bridgehead atoms. The molecule has 0 saturated carbocycles. The van der Waals surface area contributed by atoms with Crippen molar-refractivity contribution >= 4 is 39.6 Å². The lowest BCUT2D eigenvalue weighted by atomic mass is 10.0. The third-order valence-electron chi connectivity index (χ3n) is 7.91. The summed E-state index contributed by atoms with van der Waals surface area (Å²) in [6.45, 7) is 0.916. The van der Waals surface area contributed by atoms with E-state index in [2.05, 4.69) is 53.6 Å². The van der Waals surface area contributed by atoms with Crippen LogP contribution in [0.15, 0.2) is 65.4 Å². The van der Waals surface area contributed by atoms with Gasteiger partial charge in [-0.05, 0) is 52.3 Å². The molecule has 14 nitrogen and oxygen atoms in total. The van der Waals surface area contributed by atoms with Crippen LogP contribution in [0.5, 0.6) is 0 Å². The minimum Gasteiger partial charge on any atom is -0.369 e. The van der Waals surface area contributed by atoms with Crippen LogP contribution in [-0.2, 0) is 9.59 Å². The van der Waals surface area contributed by atoms with E-state index in [0.29, 0.717) is 24.0 Å². The van der Waals surface area contributed by atoms with Gasteiger partial charge in [-0.2, -0.15) is 0 Å². The Morgan fingerprint density at radius 1 is 0.811 bits per heavy atom. The highest BCUT2D eigenvalue weighted by Crippen LogP contribution is 2.26. The van der Waals surface area contributed by atoms with E-state index < -0.39 is 40.6 Å². The average Bonchev–Trinajstić information content (AvgIpc) is 3.57. The molecule has 2 fully saturated rings. The Labute approximate surface area is 310 Å². The summed E-state index contributed by atoms with van der Waals surface area (Å²) in [5.74, 6) is 3.67. The predicted molar refractivity (Wildman–Crippen MR) is 190 cm³/mol. The maximum atomic E-state index is 14.8. The summed E-state index contributed by atoms with van der Waals surface area (Å²) >= 11 is 3.07. The highest BCUT2D eigenvalue weighted by atomic mass is 79.9. The molecule has 0 unspecified atom stereocenters. The van der Waals surface area contributed by atoms with E-state index in [1.54, 1.807) is 26.2 Å². The summed E-state index contributed by atoms with van der Waals surface area (Å²) in [5, 5.41) is 19.6. The van der Waals surface area contributed by atoms with E-state index in [1.165, 1.54) is 58.6 Å². The minimum atomic E-state index is -1.82. The Kier molecular flexibility index (Phi) is 12.3. The Balaban J connectivity index is 0.000000198. The van der Waals surface area contributed by atoms with Crippen LogP contribution in [-0.4, -0.2) is 102 Å². The fourth-order valence-electron chi connectivity index (χ4n) is 4.86. The van der Waals surface area contributed by atoms with Gasteiger partial charge < -0.3 is 31.5 Å². The number of terminal acetylenes is 1. The zero-order valence-electron chi connectivity index (χ0n) is 28.2. The van der Waals surface area contributed by atoms with Gasteiger partial charge in [-0.3, -0.25) is 19.2 Å². The molecular weight excluding hydrogens is 758 g/mol. The van der Waals surface area contributed by atoms with Gasteiger partial charge in [-0.1, -0.05) is 29.9 Å². The number of likely N-dealkylation sites (tertiary alicyclic amines) is 2. The Hall–Kier alpha value is -6.14. The summed E-state index contributed by atoms with van der Waals surface area (Å²) in [6, 6.07) is 11.8. The van der Waals surface area contributed by atoms with Gasteiger partial charge in [-0.15, -0.1) is 6.42 Å². The van der Waals surface area contributed by atoms with E-state index in [0.717, 1.165) is 0 Å². The molecule has 17 heteroatoms. The number of halogens is 3. The second kappa shape index (κ2) is 16.5. The molecule has 4 heterocycles. The SMILES string of the molecule is C#C[C@]1(O)CCN(C)C1=O.CN1CC[C@@](O)(C#Cc2cccc(-c3nccc(C(N)=O)n3)c2F)C1=O.NC(=O)c1ccnc(-c2cccc(Br)c2F)n1. The van der Waals surface area contributed by atoms with E-state index >= 15 is 0 Å². The van der Waals surface area contributed by atoms with Crippen molar-refractivity contribution in [3.05, 3.63) is 94.0 Å². The molecule has 2 atom stereocenters. The topological polar surface area (TPSA) is 219 Å². The lowest BCUT2D eigenvalue weighted by Crippen LogP contribution is -2.37. The number of aliphatic hydroxyl groups is 2. The van der Waals surface area contributed by atoms with Gasteiger partial charge >= 0.3 is 0 Å². The standard InChI is InChI=1S/C18H15FN4O3.C11H7BrFN3O.C7H9NO2/c1-23-10-8-18(26,17(23)25)7-5-11-3-2-4-12(14(11)19)16-21-9-6-13(22-16)15(20)24;12-7-3-1-2-6(9(7)13)11-15-5-4-8(16-11)10(14)17;1-3-7(10)4-5-8(2)6(7)9/h2-4,6,9,26H,8,10H2,1H3,(H2,20,24);1-5H,(H2,14,17);1,10H,4-5H2,2H3/t18-;;7-/m0.0/s1. The van der Waals surface area contributed by atoms with E-state index in [4.69, 9.17) is 17.9 Å². The number of carbonyl (C=O) groups is 4. The molecular formula is C36H31BrF2N8O6. The van der Waals surface area contributed by atoms with E-state index in [9.17, 15) is 38.2 Å². The number of nitrogens with two attached hydrogens (primary N) is 2. The molecule has 272 valence electrons. The molecule has 4 amide bonds. The second-order valence-corrected chi connectivity index (χ2v) is 12.5. The summed E-state index contributed by atoms with van der Waals surface area (Å²) in [4.78, 5) is 63.6. The van der Waals surface area contributed by atoms with Gasteiger partial charge in [0.2, 0.25) is 11.2 Å². The Morgan fingerprint density at radius 2 is 1.28 bits per heavy atom. The summed E-state index contributed by atoms with van der Waals surface area (Å²) < 4.78 is 28.9. The first kappa shape index (κ1) is 39.6. The van der Waals surface area contributed by atoms with Crippen LogP contribution in [0.1, 0.15) is 39.4 Å². The van der Waals surface area contributed by atoms with Crippen LogP contribution in [0.3, 0.4) is 0 Å². The number of benzene rings is 2. The fourth-order valence-corrected chi connectivity index (χ4v) is 5.22. The monoisotopic (exact) mass is 788 g/mol. The number of primary amides is 2. The molecule has 6 N–H and O–H groups in total. The van der Waals surface area contributed by atoms with Crippen molar-refractivity contribution in [1.29, 1.82) is 0 Å². The molecule has 0 aliphatic carbocycles. The maximum Gasteiger partial charge on any atom is 0.267 e. The number of rotatable bonds is 4. The third kappa shape index (κ3) is 9.03. The van der Waals surface area contributed by atoms with Gasteiger partial charge in [-0.25, -0.2) is 28.7 Å². The van der Waals surface area contributed by atoms with Crippen molar-refractivity contribution < 1.29 is 38.2 Å². The second-order valence-electron chi connectivity index (χ2n) is 11.6. The van der Waals surface area contributed by atoms with Crippen molar-refractivity contribution in [2.24, 2.45) is 11.5 Å². The molecule has 4 aromatic rings. The van der Waals surface area contributed by atoms with Crippen LogP contribution < -0.4 is 11.5 Å². The minimum absolute atomic E-state index is 0.0159. The van der Waals surface area contributed by atoms with Crippen LogP contribution in [0.4, 0.5) is 8.78 Å². The Morgan fingerprint density at radius 3 is 1.72 bits per heavy atom. The van der Waals surface area contributed by atoms with Crippen molar-refractivity contribution in [2.45, 2.75) is 24.0 Å². The van der Waals surface area contributed by atoms with Crippen LogP contribution in [0.2, 0.25) is 0 Å². The zero-order valence-corrected chi connectivity index (χ0v) is 29.8. The molecule has 0 radical (unpaired) electrons. The number of hydrogen-bond donors (Lipinski definition) is 4. The Bertz CT molecular complexity index is 2210. The number of aromatic nitrogens is 4. The zero-order chi connectivity index (χ0) is 39.1. The van der Waals surface area contributed by atoms with Gasteiger partial charge in [0.05, 0.1) is 21.2 Å². The number of amides is 4. The molecule has 2 aromatic carbocycles. The van der Waals surface area contributed by atoms with Gasteiger partial charge in [0.15, 0.2) is 11.6 Å². The molecule has 0 spiro atoms. The van der Waals surface area contributed by atoms with E-state index in [-0.39, 0.29) is 52.1 Å².